The Bertz CT molecular complexity index is 768. The zero-order valence-corrected chi connectivity index (χ0v) is 13.9. The number of nitrogens with zero attached hydrogens (tertiary/aromatic N) is 4. The summed E-state index contributed by atoms with van der Waals surface area (Å²) in [4.78, 5) is 25.5. The number of carbonyl (C=O) groups excluding carboxylic acids is 1. The molecule has 24 heavy (non-hydrogen) atoms. The fourth-order valence-corrected chi connectivity index (χ4v) is 3.49. The molecule has 1 aromatic heterocycles. The molecule has 0 bridgehead atoms. The van der Waals surface area contributed by atoms with Crippen LogP contribution in [0.4, 0.5) is 5.82 Å². The van der Waals surface area contributed by atoms with Crippen LogP contribution in [0, 0.1) is 0 Å². The summed E-state index contributed by atoms with van der Waals surface area (Å²) in [6, 6.07) is 9.27. The lowest BCUT2D eigenvalue weighted by atomic mass is 10.1. The quantitative estimate of drug-likeness (QED) is 0.893. The second-order valence-corrected chi connectivity index (χ2v) is 6.45. The van der Waals surface area contributed by atoms with Gasteiger partial charge in [0.25, 0.3) is 0 Å². The Kier molecular flexibility index (Phi) is 4.18. The van der Waals surface area contributed by atoms with Crippen LogP contribution in [0.15, 0.2) is 36.7 Å². The molecule has 2 aromatic rings. The van der Waals surface area contributed by atoms with E-state index in [1.807, 2.05) is 30.3 Å². The van der Waals surface area contributed by atoms with E-state index in [0.29, 0.717) is 23.9 Å². The van der Waals surface area contributed by atoms with Gasteiger partial charge in [0.05, 0.1) is 5.69 Å². The summed E-state index contributed by atoms with van der Waals surface area (Å²) in [6.07, 6.45) is 1.50. The van der Waals surface area contributed by atoms with Gasteiger partial charge in [0.15, 0.2) is 0 Å². The van der Waals surface area contributed by atoms with Crippen molar-refractivity contribution in [3.8, 4) is 11.3 Å². The van der Waals surface area contributed by atoms with Gasteiger partial charge in [0.2, 0.25) is 5.91 Å². The molecular formula is C17H18ClN5O. The van der Waals surface area contributed by atoms with E-state index in [1.165, 1.54) is 6.33 Å². The molecule has 2 saturated heterocycles. The Morgan fingerprint density at radius 3 is 2.96 bits per heavy atom. The molecule has 6 nitrogen and oxygen atoms in total. The molecule has 0 unspecified atom stereocenters. The number of fused-ring (bicyclic) bond motifs is 1. The number of nitrogens with one attached hydrogen (secondary N) is 1. The van der Waals surface area contributed by atoms with Crippen molar-refractivity contribution in [3.63, 3.8) is 0 Å². The zero-order chi connectivity index (χ0) is 16.5. The van der Waals surface area contributed by atoms with Gasteiger partial charge in [-0.3, -0.25) is 14.6 Å². The van der Waals surface area contributed by atoms with E-state index in [4.69, 9.17) is 11.6 Å². The normalized spacial score (nSPS) is 21.6. The smallest absolute Gasteiger partial charge is 0.246 e. The van der Waals surface area contributed by atoms with Crippen LogP contribution in [0.25, 0.3) is 11.3 Å². The molecule has 124 valence electrons. The van der Waals surface area contributed by atoms with Crippen LogP contribution in [-0.4, -0.2) is 59.5 Å². The van der Waals surface area contributed by atoms with Gasteiger partial charge in [-0.15, -0.1) is 0 Å². The summed E-state index contributed by atoms with van der Waals surface area (Å²) >= 11 is 6.06. The summed E-state index contributed by atoms with van der Waals surface area (Å²) in [6.45, 7) is 4.08. The van der Waals surface area contributed by atoms with E-state index in [-0.39, 0.29) is 11.9 Å². The van der Waals surface area contributed by atoms with Crippen molar-refractivity contribution < 1.29 is 4.79 Å². The maximum Gasteiger partial charge on any atom is 0.246 e. The van der Waals surface area contributed by atoms with E-state index >= 15 is 0 Å². The fourth-order valence-electron chi connectivity index (χ4n) is 3.30. The number of aromatic nitrogens is 2. The Labute approximate surface area is 145 Å². The predicted octanol–water partition coefficient (Wildman–Crippen LogP) is 1.42. The predicted molar refractivity (Wildman–Crippen MR) is 93.1 cm³/mol. The van der Waals surface area contributed by atoms with Crippen LogP contribution >= 0.6 is 11.6 Å². The molecule has 0 spiro atoms. The number of carbonyl (C=O) groups is 1. The SMILES string of the molecule is O=C1[C@H]2CNCCN2CCN1c1cc(-c2cccc(Cl)c2)ncn1. The lowest BCUT2D eigenvalue weighted by molar-refractivity contribution is -0.126. The first-order chi connectivity index (χ1) is 11.7. The number of piperazine rings is 2. The average Bonchev–Trinajstić information content (AvgIpc) is 2.62. The molecule has 0 radical (unpaired) electrons. The lowest BCUT2D eigenvalue weighted by Crippen LogP contribution is -2.64. The van der Waals surface area contributed by atoms with Gasteiger partial charge in [-0.2, -0.15) is 0 Å². The maximum atomic E-state index is 12.8. The minimum absolute atomic E-state index is 0.0999. The van der Waals surface area contributed by atoms with Crippen LogP contribution in [0.2, 0.25) is 5.02 Å². The van der Waals surface area contributed by atoms with Gasteiger partial charge >= 0.3 is 0 Å². The minimum Gasteiger partial charge on any atom is -0.313 e. The van der Waals surface area contributed by atoms with Crippen molar-refractivity contribution >= 4 is 23.3 Å². The van der Waals surface area contributed by atoms with Crippen LogP contribution in [0.1, 0.15) is 0 Å². The molecule has 1 atom stereocenters. The Balaban J connectivity index is 1.62. The van der Waals surface area contributed by atoms with Gasteiger partial charge in [0, 0.05) is 49.4 Å². The summed E-state index contributed by atoms with van der Waals surface area (Å²) in [5.74, 6) is 0.749. The van der Waals surface area contributed by atoms with Crippen LogP contribution in [0.3, 0.4) is 0 Å². The highest BCUT2D eigenvalue weighted by Crippen LogP contribution is 2.25. The molecule has 0 saturated carbocycles. The van der Waals surface area contributed by atoms with Crippen molar-refractivity contribution in [1.29, 1.82) is 0 Å². The number of hydrogen-bond donors (Lipinski definition) is 1. The second-order valence-electron chi connectivity index (χ2n) is 6.02. The Hall–Kier alpha value is -2.02. The third kappa shape index (κ3) is 2.88. The highest BCUT2D eigenvalue weighted by molar-refractivity contribution is 6.30. The number of halogens is 1. The van der Waals surface area contributed by atoms with Gasteiger partial charge in [0.1, 0.15) is 18.2 Å². The van der Waals surface area contributed by atoms with Gasteiger partial charge in [-0.25, -0.2) is 9.97 Å². The van der Waals surface area contributed by atoms with E-state index in [0.717, 1.165) is 30.9 Å². The topological polar surface area (TPSA) is 61.4 Å². The standard InChI is InChI=1S/C17H18ClN5O/c18-13-3-1-2-12(8-13)14-9-16(21-11-20-14)23-7-6-22-5-4-19-10-15(22)17(23)24/h1-3,8-9,11,15,19H,4-7,10H2/t15-/m1/s1. The average molecular weight is 344 g/mol. The molecule has 1 aromatic carbocycles. The van der Waals surface area contributed by atoms with Gasteiger partial charge < -0.3 is 5.32 Å². The van der Waals surface area contributed by atoms with Crippen molar-refractivity contribution in [1.82, 2.24) is 20.2 Å². The summed E-state index contributed by atoms with van der Waals surface area (Å²) < 4.78 is 0. The van der Waals surface area contributed by atoms with Gasteiger partial charge in [-0.1, -0.05) is 23.7 Å². The number of anilines is 1. The molecule has 4 rings (SSSR count). The number of amides is 1. The molecule has 2 aliphatic rings. The molecule has 1 amide bonds. The number of rotatable bonds is 2. The van der Waals surface area contributed by atoms with E-state index in [2.05, 4.69) is 20.2 Å². The second kappa shape index (κ2) is 6.47. The summed E-state index contributed by atoms with van der Waals surface area (Å²) in [7, 11) is 0. The van der Waals surface area contributed by atoms with Crippen LogP contribution < -0.4 is 10.2 Å². The molecule has 0 aliphatic carbocycles. The maximum absolute atomic E-state index is 12.8. The zero-order valence-electron chi connectivity index (χ0n) is 13.2. The van der Waals surface area contributed by atoms with Crippen molar-refractivity contribution in [2.75, 3.05) is 37.6 Å². The number of benzene rings is 1. The molecular weight excluding hydrogens is 326 g/mol. The van der Waals surface area contributed by atoms with E-state index in [9.17, 15) is 4.79 Å². The third-order valence-corrected chi connectivity index (χ3v) is 4.80. The fraction of sp³-hybridized carbons (Fsp3) is 0.353. The summed E-state index contributed by atoms with van der Waals surface area (Å²) in [5, 5.41) is 3.95. The first-order valence-electron chi connectivity index (χ1n) is 8.06. The molecule has 2 aliphatic heterocycles. The molecule has 1 N–H and O–H groups in total. The monoisotopic (exact) mass is 343 g/mol. The number of hydrogen-bond acceptors (Lipinski definition) is 5. The van der Waals surface area contributed by atoms with Crippen molar-refractivity contribution in [3.05, 3.63) is 41.7 Å². The Morgan fingerprint density at radius 2 is 2.08 bits per heavy atom. The Morgan fingerprint density at radius 1 is 1.17 bits per heavy atom. The largest absolute Gasteiger partial charge is 0.313 e. The van der Waals surface area contributed by atoms with E-state index < -0.39 is 0 Å². The van der Waals surface area contributed by atoms with E-state index in [1.54, 1.807) is 4.90 Å². The highest BCUT2D eigenvalue weighted by Gasteiger charge is 2.37. The molecule has 7 heteroatoms. The highest BCUT2D eigenvalue weighted by atomic mass is 35.5. The molecule has 2 fully saturated rings. The first-order valence-corrected chi connectivity index (χ1v) is 8.44. The molecule has 3 heterocycles. The van der Waals surface area contributed by atoms with Crippen molar-refractivity contribution in [2.24, 2.45) is 0 Å². The van der Waals surface area contributed by atoms with Crippen LogP contribution in [-0.2, 0) is 4.79 Å². The van der Waals surface area contributed by atoms with Gasteiger partial charge in [-0.05, 0) is 12.1 Å². The lowest BCUT2D eigenvalue weighted by Gasteiger charge is -2.42. The van der Waals surface area contributed by atoms with Crippen LogP contribution in [0.5, 0.6) is 0 Å². The third-order valence-electron chi connectivity index (χ3n) is 4.57. The summed E-state index contributed by atoms with van der Waals surface area (Å²) in [5.41, 5.74) is 1.68. The minimum atomic E-state index is -0.0999. The first kappa shape index (κ1) is 15.5. The van der Waals surface area contributed by atoms with Crippen molar-refractivity contribution in [2.45, 2.75) is 6.04 Å².